The van der Waals surface area contributed by atoms with Crippen LogP contribution in [0.4, 0.5) is 4.79 Å². The fourth-order valence-corrected chi connectivity index (χ4v) is 2.36. The molecule has 0 atom stereocenters. The second-order valence-corrected chi connectivity index (χ2v) is 5.92. The highest BCUT2D eigenvalue weighted by molar-refractivity contribution is 5.71. The van der Waals surface area contributed by atoms with Crippen LogP contribution in [0.1, 0.15) is 33.6 Å². The first-order chi connectivity index (χ1) is 7.87. The van der Waals surface area contributed by atoms with E-state index in [-0.39, 0.29) is 6.09 Å². The number of hydrogen-bond donors (Lipinski definition) is 0. The third-order valence-electron chi connectivity index (χ3n) is 3.20. The van der Waals surface area contributed by atoms with Gasteiger partial charge in [-0.1, -0.05) is 0 Å². The summed E-state index contributed by atoms with van der Waals surface area (Å²) in [5.41, 5.74) is 2.20. The Hall–Kier alpha value is -1.03. The van der Waals surface area contributed by atoms with Crippen LogP contribution >= 0.6 is 0 Å². The van der Waals surface area contributed by atoms with E-state index in [2.05, 4.69) is 11.9 Å². The molecule has 0 spiro atoms. The molecule has 2 rings (SSSR count). The molecule has 0 unspecified atom stereocenters. The van der Waals surface area contributed by atoms with Gasteiger partial charge in [0.15, 0.2) is 0 Å². The van der Waals surface area contributed by atoms with Gasteiger partial charge in [0.25, 0.3) is 0 Å². The van der Waals surface area contributed by atoms with Crippen molar-refractivity contribution in [2.75, 3.05) is 26.7 Å². The van der Waals surface area contributed by atoms with Crippen LogP contribution in [0, 0.1) is 0 Å². The van der Waals surface area contributed by atoms with E-state index in [0.29, 0.717) is 0 Å². The minimum atomic E-state index is -0.416. The van der Waals surface area contributed by atoms with E-state index in [1.807, 2.05) is 25.7 Å². The summed E-state index contributed by atoms with van der Waals surface area (Å²) < 4.78 is 5.44. The first kappa shape index (κ1) is 12.4. The van der Waals surface area contributed by atoms with Crippen LogP contribution in [-0.4, -0.2) is 48.2 Å². The Labute approximate surface area is 103 Å². The van der Waals surface area contributed by atoms with Gasteiger partial charge in [-0.25, -0.2) is 4.79 Å². The van der Waals surface area contributed by atoms with Crippen molar-refractivity contribution in [2.45, 2.75) is 39.2 Å². The standard InChI is InChI=1S/C13H22N2O2/c1-13(2,3)17-12(16)15-8-6-10-5-7-14(4)9-11(10)15/h5-9H2,1-4H3. The van der Waals surface area contributed by atoms with Gasteiger partial charge in [0, 0.05) is 25.3 Å². The fraction of sp³-hybridized carbons (Fsp3) is 0.769. The van der Waals surface area contributed by atoms with Crippen LogP contribution in [0.2, 0.25) is 0 Å². The van der Waals surface area contributed by atoms with Crippen LogP contribution in [0.15, 0.2) is 11.3 Å². The minimum Gasteiger partial charge on any atom is -0.443 e. The quantitative estimate of drug-likeness (QED) is 0.648. The molecular weight excluding hydrogens is 216 g/mol. The summed E-state index contributed by atoms with van der Waals surface area (Å²) in [4.78, 5) is 16.1. The molecular formula is C13H22N2O2. The summed E-state index contributed by atoms with van der Waals surface area (Å²) in [5, 5.41) is 0. The highest BCUT2D eigenvalue weighted by Crippen LogP contribution is 2.30. The number of rotatable bonds is 0. The van der Waals surface area contributed by atoms with Crippen molar-refractivity contribution in [2.24, 2.45) is 0 Å². The zero-order valence-corrected chi connectivity index (χ0v) is 11.2. The molecule has 0 radical (unpaired) electrons. The largest absolute Gasteiger partial charge is 0.443 e. The van der Waals surface area contributed by atoms with Crippen molar-refractivity contribution >= 4 is 6.09 Å². The fourth-order valence-electron chi connectivity index (χ4n) is 2.36. The van der Waals surface area contributed by atoms with Crippen molar-refractivity contribution in [1.29, 1.82) is 0 Å². The van der Waals surface area contributed by atoms with Gasteiger partial charge in [-0.05, 0) is 46.2 Å². The molecule has 2 aliphatic rings. The summed E-state index contributed by atoms with van der Waals surface area (Å²) in [6.45, 7) is 8.47. The summed E-state index contributed by atoms with van der Waals surface area (Å²) in [5.74, 6) is 0. The normalized spacial score (nSPS) is 21.8. The SMILES string of the molecule is CN1CCC2=C(C1)N(C(=O)OC(C)(C)C)CC2. The molecule has 0 aromatic rings. The lowest BCUT2D eigenvalue weighted by Crippen LogP contribution is -2.39. The molecule has 0 fully saturated rings. The Kier molecular flexibility index (Phi) is 3.17. The van der Waals surface area contributed by atoms with E-state index < -0.39 is 5.60 Å². The molecule has 4 nitrogen and oxygen atoms in total. The molecule has 0 bridgehead atoms. The summed E-state index contributed by atoms with van der Waals surface area (Å²) in [6, 6.07) is 0. The van der Waals surface area contributed by atoms with E-state index in [1.54, 1.807) is 0 Å². The van der Waals surface area contributed by atoms with E-state index in [9.17, 15) is 4.79 Å². The Morgan fingerprint density at radius 2 is 1.88 bits per heavy atom. The Bertz CT molecular complexity index is 355. The molecule has 17 heavy (non-hydrogen) atoms. The van der Waals surface area contributed by atoms with Gasteiger partial charge in [-0.2, -0.15) is 0 Å². The lowest BCUT2D eigenvalue weighted by atomic mass is 10.1. The highest BCUT2D eigenvalue weighted by atomic mass is 16.6. The Morgan fingerprint density at radius 1 is 1.24 bits per heavy atom. The number of nitrogens with zero attached hydrogens (tertiary/aromatic N) is 2. The molecule has 96 valence electrons. The molecule has 2 aliphatic heterocycles. The Balaban J connectivity index is 2.08. The smallest absolute Gasteiger partial charge is 0.414 e. The van der Waals surface area contributed by atoms with Gasteiger partial charge < -0.3 is 9.64 Å². The van der Waals surface area contributed by atoms with Crippen LogP contribution in [0.3, 0.4) is 0 Å². The number of hydrogen-bond acceptors (Lipinski definition) is 3. The lowest BCUT2D eigenvalue weighted by molar-refractivity contribution is 0.0319. The molecule has 0 saturated carbocycles. The van der Waals surface area contributed by atoms with Crippen molar-refractivity contribution < 1.29 is 9.53 Å². The molecule has 0 aromatic carbocycles. The summed E-state index contributed by atoms with van der Waals surface area (Å²) in [7, 11) is 2.09. The lowest BCUT2D eigenvalue weighted by Gasteiger charge is -2.30. The van der Waals surface area contributed by atoms with Gasteiger partial charge in [-0.3, -0.25) is 4.90 Å². The maximum absolute atomic E-state index is 12.1. The number of carbonyl (C=O) groups excluding carboxylic acids is 1. The van der Waals surface area contributed by atoms with E-state index in [4.69, 9.17) is 4.74 Å². The van der Waals surface area contributed by atoms with Crippen molar-refractivity contribution in [3.63, 3.8) is 0 Å². The third kappa shape index (κ3) is 2.80. The van der Waals surface area contributed by atoms with Gasteiger partial charge >= 0.3 is 6.09 Å². The molecule has 2 heterocycles. The van der Waals surface area contributed by atoms with Crippen LogP contribution < -0.4 is 0 Å². The monoisotopic (exact) mass is 238 g/mol. The summed E-state index contributed by atoms with van der Waals surface area (Å²) >= 11 is 0. The first-order valence-corrected chi connectivity index (χ1v) is 6.27. The molecule has 0 saturated heterocycles. The predicted octanol–water partition coefficient (Wildman–Crippen LogP) is 2.22. The zero-order valence-electron chi connectivity index (χ0n) is 11.2. The average molecular weight is 238 g/mol. The van der Waals surface area contributed by atoms with Gasteiger partial charge in [0.1, 0.15) is 5.60 Å². The zero-order chi connectivity index (χ0) is 12.6. The van der Waals surface area contributed by atoms with Gasteiger partial charge in [0.2, 0.25) is 0 Å². The molecule has 0 N–H and O–H groups in total. The number of ether oxygens (including phenoxy) is 1. The second kappa shape index (κ2) is 4.33. The Morgan fingerprint density at radius 3 is 2.53 bits per heavy atom. The van der Waals surface area contributed by atoms with Crippen molar-refractivity contribution in [3.8, 4) is 0 Å². The minimum absolute atomic E-state index is 0.196. The van der Waals surface area contributed by atoms with E-state index in [1.165, 1.54) is 11.3 Å². The highest BCUT2D eigenvalue weighted by Gasteiger charge is 2.32. The summed E-state index contributed by atoms with van der Waals surface area (Å²) in [6.07, 6.45) is 1.91. The van der Waals surface area contributed by atoms with Crippen LogP contribution in [0.25, 0.3) is 0 Å². The molecule has 0 aromatic heterocycles. The van der Waals surface area contributed by atoms with Crippen molar-refractivity contribution in [3.05, 3.63) is 11.3 Å². The third-order valence-corrected chi connectivity index (χ3v) is 3.20. The average Bonchev–Trinajstić information content (AvgIpc) is 2.57. The van der Waals surface area contributed by atoms with Crippen molar-refractivity contribution in [1.82, 2.24) is 9.80 Å². The number of carbonyl (C=O) groups is 1. The van der Waals surface area contributed by atoms with Gasteiger partial charge in [0.05, 0.1) is 0 Å². The number of amides is 1. The van der Waals surface area contributed by atoms with Crippen LogP contribution in [0.5, 0.6) is 0 Å². The molecule has 1 amide bonds. The number of likely N-dealkylation sites (N-methyl/N-ethyl adjacent to an activating group) is 1. The maximum Gasteiger partial charge on any atom is 0.414 e. The second-order valence-electron chi connectivity index (χ2n) is 5.92. The molecule has 4 heteroatoms. The van der Waals surface area contributed by atoms with E-state index in [0.717, 1.165) is 32.5 Å². The van der Waals surface area contributed by atoms with Gasteiger partial charge in [-0.15, -0.1) is 0 Å². The van der Waals surface area contributed by atoms with Crippen LogP contribution in [-0.2, 0) is 4.74 Å². The molecule has 0 aliphatic carbocycles. The first-order valence-electron chi connectivity index (χ1n) is 6.27. The predicted molar refractivity (Wildman–Crippen MR) is 66.7 cm³/mol. The van der Waals surface area contributed by atoms with E-state index >= 15 is 0 Å². The maximum atomic E-state index is 12.1. The topological polar surface area (TPSA) is 32.8 Å².